The first-order valence-electron chi connectivity index (χ1n) is 11.9. The topological polar surface area (TPSA) is 62.5 Å². The smallest absolute Gasteiger partial charge is 1.00 e. The molecule has 0 spiro atoms. The van der Waals surface area contributed by atoms with Gasteiger partial charge in [0.05, 0.1) is 16.1 Å². The summed E-state index contributed by atoms with van der Waals surface area (Å²) in [5.74, 6) is -2.93. The number of carboxylic acid groups (broad SMARTS) is 1. The number of carbonyl (C=O) groups excluding carboxylic acids is 1. The molecule has 38 heavy (non-hydrogen) atoms. The molecule has 0 atom stereocenters. The zero-order valence-electron chi connectivity index (χ0n) is 21.5. The van der Waals surface area contributed by atoms with Crippen LogP contribution >= 0.6 is 23.4 Å². The van der Waals surface area contributed by atoms with Crippen LogP contribution in [0, 0.1) is 11.6 Å². The SMILES string of the molecule is O=C(O)c1cccc(Sc2c(C3CC3)n(CC(=O)N3CCc4ccccc43)c3c(F)c(Cl)ccc23)c1F.[H-].[Na+]. The fourth-order valence-electron chi connectivity index (χ4n) is 5.08. The van der Waals surface area contributed by atoms with Crippen LogP contribution in [0.4, 0.5) is 14.5 Å². The first-order valence-corrected chi connectivity index (χ1v) is 13.1. The molecule has 1 fully saturated rings. The van der Waals surface area contributed by atoms with E-state index in [0.29, 0.717) is 16.8 Å². The predicted molar refractivity (Wildman–Crippen MR) is 140 cm³/mol. The van der Waals surface area contributed by atoms with Gasteiger partial charge in [-0.3, -0.25) is 4.79 Å². The molecule has 2 heterocycles. The Hall–Kier alpha value is -2.36. The fraction of sp³-hybridized carbons (Fsp3) is 0.214. The molecule has 6 rings (SSSR count). The third kappa shape index (κ3) is 4.67. The predicted octanol–water partition coefficient (Wildman–Crippen LogP) is 4.01. The zero-order valence-corrected chi connectivity index (χ0v) is 24.1. The molecule has 1 saturated carbocycles. The van der Waals surface area contributed by atoms with Gasteiger partial charge in [0.2, 0.25) is 5.91 Å². The van der Waals surface area contributed by atoms with Crippen molar-refractivity contribution in [1.29, 1.82) is 0 Å². The number of hydrogen-bond donors (Lipinski definition) is 1. The van der Waals surface area contributed by atoms with E-state index in [9.17, 15) is 14.7 Å². The molecule has 1 N–H and O–H groups in total. The van der Waals surface area contributed by atoms with Gasteiger partial charge in [-0.05, 0) is 55.2 Å². The molecule has 1 aliphatic heterocycles. The van der Waals surface area contributed by atoms with Gasteiger partial charge in [-0.1, -0.05) is 47.6 Å². The maximum atomic E-state index is 15.6. The standard InChI is InChI=1S/C28H21ClF2N2O3S.Na.H/c29-19-11-10-18-26(24(19)31)33(14-22(34)32-13-12-15-4-1-2-6-20(15)32)25(16-8-9-16)27(18)37-21-7-3-5-17(23(21)30)28(35)36;;/h1-7,10-11,16H,8-9,12-14H2,(H,35,36);;/q;+1;-1. The molecule has 0 unspecified atom stereocenters. The van der Waals surface area contributed by atoms with Crippen molar-refractivity contribution in [3.05, 3.63) is 88.1 Å². The van der Waals surface area contributed by atoms with Crippen molar-refractivity contribution in [3.8, 4) is 0 Å². The van der Waals surface area contributed by atoms with Crippen LogP contribution in [0.3, 0.4) is 0 Å². The second-order valence-corrected chi connectivity index (χ2v) is 10.7. The number of amides is 1. The van der Waals surface area contributed by atoms with E-state index in [0.717, 1.165) is 48.0 Å². The summed E-state index contributed by atoms with van der Waals surface area (Å²) >= 11 is 7.23. The zero-order chi connectivity index (χ0) is 25.8. The van der Waals surface area contributed by atoms with E-state index in [1.54, 1.807) is 15.5 Å². The monoisotopic (exact) mass is 562 g/mol. The first-order chi connectivity index (χ1) is 17.8. The second kappa shape index (κ2) is 10.7. The molecule has 1 aromatic heterocycles. The molecule has 2 aliphatic rings. The Labute approximate surface area is 250 Å². The van der Waals surface area contributed by atoms with Crippen LogP contribution in [-0.2, 0) is 17.8 Å². The molecule has 4 aromatic rings. The Bertz CT molecular complexity index is 1610. The van der Waals surface area contributed by atoms with Crippen LogP contribution in [0.25, 0.3) is 10.9 Å². The fourth-order valence-corrected chi connectivity index (χ4v) is 6.46. The molecule has 3 aromatic carbocycles. The van der Waals surface area contributed by atoms with Crippen LogP contribution in [0.1, 0.15) is 41.8 Å². The average Bonchev–Trinajstić information content (AvgIpc) is 3.54. The van der Waals surface area contributed by atoms with Gasteiger partial charge in [-0.15, -0.1) is 0 Å². The number of nitrogens with zero attached hydrogens (tertiary/aromatic N) is 2. The summed E-state index contributed by atoms with van der Waals surface area (Å²) in [6.45, 7) is 0.459. The molecule has 10 heteroatoms. The average molecular weight is 563 g/mol. The normalized spacial score (nSPS) is 14.4. The Kier molecular flexibility index (Phi) is 7.64. The summed E-state index contributed by atoms with van der Waals surface area (Å²) in [7, 11) is 0. The molecule has 0 saturated heterocycles. The van der Waals surface area contributed by atoms with Crippen molar-refractivity contribution >= 4 is 51.8 Å². The van der Waals surface area contributed by atoms with Crippen molar-refractivity contribution < 1.29 is 54.5 Å². The quantitative estimate of drug-likeness (QED) is 0.361. The summed E-state index contributed by atoms with van der Waals surface area (Å²) < 4.78 is 32.3. The Morgan fingerprint density at radius 2 is 1.82 bits per heavy atom. The van der Waals surface area contributed by atoms with Crippen molar-refractivity contribution in [2.75, 3.05) is 11.4 Å². The number of aromatic carboxylic acids is 1. The van der Waals surface area contributed by atoms with Gasteiger partial charge in [0, 0.05) is 39.0 Å². The summed E-state index contributed by atoms with van der Waals surface area (Å²) in [4.78, 5) is 27.5. The van der Waals surface area contributed by atoms with Gasteiger partial charge in [0.15, 0.2) is 11.6 Å². The number of aromatic nitrogens is 1. The molecule has 1 aliphatic carbocycles. The number of para-hydroxylation sites is 1. The maximum Gasteiger partial charge on any atom is 1.00 e. The molecule has 1 amide bonds. The van der Waals surface area contributed by atoms with Crippen LogP contribution in [0.15, 0.2) is 64.4 Å². The van der Waals surface area contributed by atoms with Crippen molar-refractivity contribution in [1.82, 2.24) is 4.57 Å². The second-order valence-electron chi connectivity index (χ2n) is 9.28. The molecule has 0 bridgehead atoms. The van der Waals surface area contributed by atoms with Crippen LogP contribution in [0.2, 0.25) is 5.02 Å². The van der Waals surface area contributed by atoms with Crippen molar-refractivity contribution in [2.24, 2.45) is 0 Å². The van der Waals surface area contributed by atoms with E-state index in [4.69, 9.17) is 11.6 Å². The molecular weight excluding hydrogens is 541 g/mol. The Balaban J connectivity index is 0.00000176. The number of hydrogen-bond acceptors (Lipinski definition) is 3. The summed E-state index contributed by atoms with van der Waals surface area (Å²) in [5.41, 5.74) is 2.47. The van der Waals surface area contributed by atoms with E-state index in [-0.39, 0.29) is 64.8 Å². The third-order valence-electron chi connectivity index (χ3n) is 6.96. The Morgan fingerprint density at radius 1 is 1.05 bits per heavy atom. The number of carbonyl (C=O) groups is 2. The van der Waals surface area contributed by atoms with Crippen molar-refractivity contribution in [2.45, 2.75) is 41.5 Å². The Morgan fingerprint density at radius 3 is 2.55 bits per heavy atom. The van der Waals surface area contributed by atoms with Gasteiger partial charge >= 0.3 is 35.5 Å². The van der Waals surface area contributed by atoms with Gasteiger partial charge < -0.3 is 16.0 Å². The first kappa shape index (κ1) is 27.2. The minimum absolute atomic E-state index is 0. The van der Waals surface area contributed by atoms with E-state index in [2.05, 4.69) is 0 Å². The summed E-state index contributed by atoms with van der Waals surface area (Å²) in [6.07, 6.45) is 2.47. The van der Waals surface area contributed by atoms with Crippen LogP contribution in [-0.4, -0.2) is 28.1 Å². The third-order valence-corrected chi connectivity index (χ3v) is 8.42. The molecular formula is C28H22ClF2N2NaO3S. The largest absolute Gasteiger partial charge is 1.00 e. The van der Waals surface area contributed by atoms with Gasteiger partial charge in [-0.25, -0.2) is 13.6 Å². The number of fused-ring (bicyclic) bond motifs is 2. The number of halogens is 3. The number of rotatable bonds is 6. The molecule has 5 nitrogen and oxygen atoms in total. The van der Waals surface area contributed by atoms with Crippen molar-refractivity contribution in [3.63, 3.8) is 0 Å². The minimum Gasteiger partial charge on any atom is -1.00 e. The van der Waals surface area contributed by atoms with E-state index in [1.807, 2.05) is 24.3 Å². The van der Waals surface area contributed by atoms with Gasteiger partial charge in [-0.2, -0.15) is 0 Å². The number of anilines is 1. The minimum atomic E-state index is -1.36. The van der Waals surface area contributed by atoms with E-state index >= 15 is 8.78 Å². The number of benzene rings is 3. The van der Waals surface area contributed by atoms with Crippen LogP contribution in [0.5, 0.6) is 0 Å². The molecule has 190 valence electrons. The van der Waals surface area contributed by atoms with E-state index < -0.39 is 23.2 Å². The molecule has 0 radical (unpaired) electrons. The van der Waals surface area contributed by atoms with Gasteiger partial charge in [0.25, 0.3) is 0 Å². The van der Waals surface area contributed by atoms with Gasteiger partial charge in [0.1, 0.15) is 6.54 Å². The summed E-state index contributed by atoms with van der Waals surface area (Å²) in [6, 6.07) is 15.1. The summed E-state index contributed by atoms with van der Waals surface area (Å²) in [5, 5.41) is 9.82. The van der Waals surface area contributed by atoms with Crippen LogP contribution < -0.4 is 34.5 Å². The number of carboxylic acids is 1. The maximum absolute atomic E-state index is 15.6. The van der Waals surface area contributed by atoms with E-state index in [1.165, 1.54) is 24.3 Å².